The first-order valence-electron chi connectivity index (χ1n) is 8.71. The van der Waals surface area contributed by atoms with E-state index in [-0.39, 0.29) is 5.56 Å². The van der Waals surface area contributed by atoms with Crippen molar-refractivity contribution in [3.05, 3.63) is 75.9 Å². The van der Waals surface area contributed by atoms with Gasteiger partial charge in [-0.2, -0.15) is 5.10 Å². The molecule has 3 heterocycles. The Morgan fingerprint density at radius 3 is 2.14 bits per heavy atom. The molecule has 2 aromatic heterocycles. The van der Waals surface area contributed by atoms with Crippen LogP contribution in [-0.4, -0.2) is 26.6 Å². The van der Waals surface area contributed by atoms with Crippen LogP contribution < -0.4 is 4.90 Å². The van der Waals surface area contributed by atoms with E-state index < -0.39 is 11.8 Å². The molecular formula is C21H12Cl2N4O2. The van der Waals surface area contributed by atoms with E-state index in [4.69, 9.17) is 23.2 Å². The highest BCUT2D eigenvalue weighted by Crippen LogP contribution is 2.37. The fourth-order valence-corrected chi connectivity index (χ4v) is 3.81. The van der Waals surface area contributed by atoms with Crippen molar-refractivity contribution in [2.45, 2.75) is 0 Å². The molecule has 0 unspecified atom stereocenters. The van der Waals surface area contributed by atoms with Crippen molar-refractivity contribution in [1.29, 1.82) is 0 Å². The maximum absolute atomic E-state index is 13.3. The number of pyridine rings is 1. The van der Waals surface area contributed by atoms with E-state index in [0.717, 1.165) is 10.5 Å². The molecule has 0 aliphatic carbocycles. The maximum atomic E-state index is 13.3. The van der Waals surface area contributed by atoms with E-state index in [1.54, 1.807) is 48.1 Å². The van der Waals surface area contributed by atoms with Crippen molar-refractivity contribution in [3.63, 3.8) is 0 Å². The van der Waals surface area contributed by atoms with E-state index in [2.05, 4.69) is 10.1 Å². The molecule has 29 heavy (non-hydrogen) atoms. The first-order valence-corrected chi connectivity index (χ1v) is 9.47. The van der Waals surface area contributed by atoms with Crippen molar-refractivity contribution >= 4 is 51.7 Å². The summed E-state index contributed by atoms with van der Waals surface area (Å²) in [4.78, 5) is 31.9. The van der Waals surface area contributed by atoms with Gasteiger partial charge in [-0.05, 0) is 36.4 Å². The number of hydrogen-bond donors (Lipinski definition) is 0. The zero-order valence-electron chi connectivity index (χ0n) is 15.1. The van der Waals surface area contributed by atoms with Crippen molar-refractivity contribution in [2.75, 3.05) is 4.90 Å². The summed E-state index contributed by atoms with van der Waals surface area (Å²) < 4.78 is 1.60. The number of imide groups is 1. The summed E-state index contributed by atoms with van der Waals surface area (Å²) in [6.07, 6.45) is 1.43. The third kappa shape index (κ3) is 2.64. The summed E-state index contributed by atoms with van der Waals surface area (Å²) in [6.45, 7) is 0. The fourth-order valence-electron chi connectivity index (χ4n) is 3.56. The smallest absolute Gasteiger partial charge is 0.267 e. The van der Waals surface area contributed by atoms with Crippen LogP contribution in [0.15, 0.2) is 54.7 Å². The van der Waals surface area contributed by atoms with Gasteiger partial charge in [0.1, 0.15) is 5.69 Å². The number of halogens is 2. The summed E-state index contributed by atoms with van der Waals surface area (Å²) in [7, 11) is 1.75. The molecule has 6 nitrogen and oxygen atoms in total. The Bertz CT molecular complexity index is 1310. The standard InChI is InChI=1S/C21H12Cl2N4O2/c1-26-19-17(18(25-26)11-2-4-12(22)5-3-11)16-15(10-24-19)20(28)27(21(16)29)14-8-6-13(23)7-9-14/h2-10H,1H3. The number of aryl methyl sites for hydroxylation is 1. The highest BCUT2D eigenvalue weighted by Gasteiger charge is 2.40. The van der Waals surface area contributed by atoms with Crippen LogP contribution in [-0.2, 0) is 7.05 Å². The third-order valence-electron chi connectivity index (χ3n) is 4.91. The number of aromatic nitrogens is 3. The molecule has 0 atom stereocenters. The Hall–Kier alpha value is -3.22. The molecule has 0 saturated heterocycles. The topological polar surface area (TPSA) is 68.1 Å². The largest absolute Gasteiger partial charge is 0.268 e. The van der Waals surface area contributed by atoms with Gasteiger partial charge in [0.05, 0.1) is 22.2 Å². The molecule has 2 amide bonds. The average molecular weight is 423 g/mol. The molecule has 2 aromatic carbocycles. The van der Waals surface area contributed by atoms with Gasteiger partial charge in [0.15, 0.2) is 5.65 Å². The summed E-state index contributed by atoms with van der Waals surface area (Å²) in [5, 5.41) is 6.21. The molecule has 0 bridgehead atoms. The molecule has 1 aliphatic heterocycles. The Labute approximate surface area is 175 Å². The minimum absolute atomic E-state index is 0.251. The zero-order valence-corrected chi connectivity index (χ0v) is 16.6. The summed E-state index contributed by atoms with van der Waals surface area (Å²) in [5.74, 6) is -0.837. The lowest BCUT2D eigenvalue weighted by molar-refractivity contribution is 0.0926. The number of amides is 2. The van der Waals surface area contributed by atoms with Gasteiger partial charge >= 0.3 is 0 Å². The number of carbonyl (C=O) groups excluding carboxylic acids is 2. The van der Waals surface area contributed by atoms with E-state index in [1.165, 1.54) is 6.20 Å². The number of anilines is 1. The molecular weight excluding hydrogens is 411 g/mol. The van der Waals surface area contributed by atoms with Crippen molar-refractivity contribution < 1.29 is 9.59 Å². The third-order valence-corrected chi connectivity index (χ3v) is 5.41. The quantitative estimate of drug-likeness (QED) is 0.437. The van der Waals surface area contributed by atoms with Crippen molar-refractivity contribution in [3.8, 4) is 11.3 Å². The van der Waals surface area contributed by atoms with Crippen LogP contribution in [0, 0.1) is 0 Å². The lowest BCUT2D eigenvalue weighted by Crippen LogP contribution is -2.29. The first kappa shape index (κ1) is 17.8. The van der Waals surface area contributed by atoms with Gasteiger partial charge in [0.2, 0.25) is 0 Å². The van der Waals surface area contributed by atoms with Crippen LogP contribution in [0.2, 0.25) is 10.0 Å². The van der Waals surface area contributed by atoms with Crippen molar-refractivity contribution in [1.82, 2.24) is 14.8 Å². The Morgan fingerprint density at radius 2 is 1.48 bits per heavy atom. The number of carbonyl (C=O) groups is 2. The number of nitrogens with zero attached hydrogens (tertiary/aromatic N) is 4. The summed E-state index contributed by atoms with van der Waals surface area (Å²) in [5.41, 5.74) is 2.87. The van der Waals surface area contributed by atoms with Crippen LogP contribution in [0.1, 0.15) is 20.7 Å². The van der Waals surface area contributed by atoms with Gasteiger partial charge in [-0.25, -0.2) is 14.6 Å². The lowest BCUT2D eigenvalue weighted by atomic mass is 10.0. The van der Waals surface area contributed by atoms with E-state index in [1.807, 2.05) is 12.1 Å². The van der Waals surface area contributed by atoms with Crippen LogP contribution in [0.3, 0.4) is 0 Å². The van der Waals surface area contributed by atoms with Crippen LogP contribution in [0.5, 0.6) is 0 Å². The van der Waals surface area contributed by atoms with E-state index >= 15 is 0 Å². The second-order valence-corrected chi connectivity index (χ2v) is 7.52. The number of hydrogen-bond acceptors (Lipinski definition) is 4. The molecule has 4 aromatic rings. The average Bonchev–Trinajstić information content (AvgIpc) is 3.18. The molecule has 0 spiro atoms. The summed E-state index contributed by atoms with van der Waals surface area (Å²) in [6, 6.07) is 13.7. The predicted molar refractivity (Wildman–Crippen MR) is 112 cm³/mol. The SMILES string of the molecule is Cn1nc(-c2ccc(Cl)cc2)c2c3c(cnc21)C(=O)N(c1ccc(Cl)cc1)C3=O. The molecule has 0 saturated carbocycles. The Kier molecular flexibility index (Phi) is 3.94. The fraction of sp³-hybridized carbons (Fsp3) is 0.0476. The Balaban J connectivity index is 1.75. The first-order chi connectivity index (χ1) is 14.0. The van der Waals surface area contributed by atoms with E-state index in [0.29, 0.717) is 38.0 Å². The molecule has 0 radical (unpaired) electrons. The number of fused-ring (bicyclic) bond motifs is 3. The predicted octanol–water partition coefficient (Wildman–Crippen LogP) is 4.74. The van der Waals surface area contributed by atoms with Gasteiger partial charge in [0.25, 0.3) is 11.8 Å². The van der Waals surface area contributed by atoms with Gasteiger partial charge < -0.3 is 0 Å². The molecule has 0 fully saturated rings. The van der Waals surface area contributed by atoms with Gasteiger partial charge in [-0.1, -0.05) is 35.3 Å². The highest BCUT2D eigenvalue weighted by molar-refractivity contribution is 6.38. The van der Waals surface area contributed by atoms with Crippen molar-refractivity contribution in [2.24, 2.45) is 7.05 Å². The number of benzene rings is 2. The minimum atomic E-state index is -0.423. The minimum Gasteiger partial charge on any atom is -0.268 e. The second-order valence-electron chi connectivity index (χ2n) is 6.65. The van der Waals surface area contributed by atoms with Crippen LogP contribution >= 0.6 is 23.2 Å². The van der Waals surface area contributed by atoms with Crippen LogP contribution in [0.25, 0.3) is 22.3 Å². The molecule has 8 heteroatoms. The normalized spacial score (nSPS) is 13.4. The van der Waals surface area contributed by atoms with Gasteiger partial charge in [0, 0.05) is 28.9 Å². The van der Waals surface area contributed by atoms with Crippen LogP contribution in [0.4, 0.5) is 5.69 Å². The molecule has 0 N–H and O–H groups in total. The zero-order chi connectivity index (χ0) is 20.3. The lowest BCUT2D eigenvalue weighted by Gasteiger charge is -2.13. The maximum Gasteiger partial charge on any atom is 0.267 e. The second kappa shape index (κ2) is 6.40. The summed E-state index contributed by atoms with van der Waals surface area (Å²) >= 11 is 11.9. The molecule has 142 valence electrons. The highest BCUT2D eigenvalue weighted by atomic mass is 35.5. The Morgan fingerprint density at radius 1 is 0.862 bits per heavy atom. The van der Waals surface area contributed by atoms with E-state index in [9.17, 15) is 9.59 Å². The monoisotopic (exact) mass is 422 g/mol. The number of rotatable bonds is 2. The van der Waals surface area contributed by atoms with Gasteiger partial charge in [-0.3, -0.25) is 9.59 Å². The van der Waals surface area contributed by atoms with Gasteiger partial charge in [-0.15, -0.1) is 0 Å². The molecule has 1 aliphatic rings. The molecule has 5 rings (SSSR count).